The zero-order valence-electron chi connectivity index (χ0n) is 14.1. The summed E-state index contributed by atoms with van der Waals surface area (Å²) < 4.78 is 28.5. The molecule has 0 aliphatic carbocycles. The number of anilines is 1. The van der Waals surface area contributed by atoms with Crippen molar-refractivity contribution in [3.63, 3.8) is 0 Å². The third kappa shape index (κ3) is 5.21. The van der Waals surface area contributed by atoms with E-state index >= 15 is 0 Å². The maximum atomic E-state index is 12.0. The standard InChI is InChI=1S/C16H18ClN3O4S2/c1-10-2-3-13(12(17)6-10)18-14(21)8-25-16-20-19-15(24-16)7-11-4-5-26(22,23)9-11/h2-3,6,11H,4-5,7-9H2,1H3,(H,18,21)/t11-/m1/s1. The van der Waals surface area contributed by atoms with Crippen molar-refractivity contribution in [2.45, 2.75) is 25.0 Å². The molecule has 1 aromatic heterocycles. The van der Waals surface area contributed by atoms with Crippen molar-refractivity contribution < 1.29 is 17.6 Å². The van der Waals surface area contributed by atoms with Crippen molar-refractivity contribution >= 4 is 44.8 Å². The number of benzene rings is 1. The predicted molar refractivity (Wildman–Crippen MR) is 100 cm³/mol. The van der Waals surface area contributed by atoms with Gasteiger partial charge in [-0.25, -0.2) is 8.42 Å². The first-order valence-corrected chi connectivity index (χ1v) is 11.2. The summed E-state index contributed by atoms with van der Waals surface area (Å²) in [6.07, 6.45) is 1.06. The number of halogens is 1. The third-order valence-electron chi connectivity index (χ3n) is 3.96. The lowest BCUT2D eigenvalue weighted by molar-refractivity contribution is -0.113. The lowest BCUT2D eigenvalue weighted by atomic mass is 10.1. The number of hydrogen-bond donors (Lipinski definition) is 1. The molecule has 0 radical (unpaired) electrons. The lowest BCUT2D eigenvalue weighted by Gasteiger charge is -2.06. The van der Waals surface area contributed by atoms with Gasteiger partial charge in [-0.05, 0) is 37.0 Å². The van der Waals surface area contributed by atoms with Crippen LogP contribution < -0.4 is 5.32 Å². The summed E-state index contributed by atoms with van der Waals surface area (Å²) in [7, 11) is -2.93. The highest BCUT2D eigenvalue weighted by atomic mass is 35.5. The van der Waals surface area contributed by atoms with Crippen molar-refractivity contribution in [3.8, 4) is 0 Å². The maximum absolute atomic E-state index is 12.0. The van der Waals surface area contributed by atoms with Gasteiger partial charge in [-0.15, -0.1) is 10.2 Å². The first-order valence-electron chi connectivity index (χ1n) is 8.02. The van der Waals surface area contributed by atoms with Crippen LogP contribution in [0.2, 0.25) is 5.02 Å². The minimum atomic E-state index is -2.93. The number of carbonyl (C=O) groups excluding carboxylic acids is 1. The summed E-state index contributed by atoms with van der Waals surface area (Å²) in [5, 5.41) is 11.3. The molecule has 2 aromatic rings. The quantitative estimate of drug-likeness (QED) is 0.723. The number of rotatable bonds is 6. The van der Waals surface area contributed by atoms with Gasteiger partial charge < -0.3 is 9.73 Å². The topological polar surface area (TPSA) is 102 Å². The largest absolute Gasteiger partial charge is 0.416 e. The van der Waals surface area contributed by atoms with E-state index in [2.05, 4.69) is 15.5 Å². The number of amides is 1. The molecular formula is C16H18ClN3O4S2. The second-order valence-electron chi connectivity index (χ2n) is 6.26. The van der Waals surface area contributed by atoms with Crippen LogP contribution in [0.4, 0.5) is 5.69 Å². The minimum absolute atomic E-state index is 0.0188. The van der Waals surface area contributed by atoms with Gasteiger partial charge in [0.2, 0.25) is 11.8 Å². The molecule has 1 aromatic carbocycles. The molecule has 0 bridgehead atoms. The Labute approximate surface area is 160 Å². The van der Waals surface area contributed by atoms with Gasteiger partial charge in [0.15, 0.2) is 9.84 Å². The lowest BCUT2D eigenvalue weighted by Crippen LogP contribution is -2.14. The second kappa shape index (κ2) is 7.98. The van der Waals surface area contributed by atoms with E-state index in [0.29, 0.717) is 29.4 Å². The van der Waals surface area contributed by atoms with Crippen molar-refractivity contribution in [1.82, 2.24) is 10.2 Å². The Morgan fingerprint density at radius 1 is 1.42 bits per heavy atom. The monoisotopic (exact) mass is 415 g/mol. The van der Waals surface area contributed by atoms with Gasteiger partial charge in [-0.3, -0.25) is 4.79 Å². The van der Waals surface area contributed by atoms with Gasteiger partial charge in [0, 0.05) is 6.42 Å². The van der Waals surface area contributed by atoms with Crippen LogP contribution in [0, 0.1) is 12.8 Å². The predicted octanol–water partition coefficient (Wildman–Crippen LogP) is 2.74. The Kier molecular flexibility index (Phi) is 5.89. The number of nitrogens with zero attached hydrogens (tertiary/aromatic N) is 2. The van der Waals surface area contributed by atoms with Gasteiger partial charge in [-0.2, -0.15) is 0 Å². The fraction of sp³-hybridized carbons (Fsp3) is 0.438. The summed E-state index contributed by atoms with van der Waals surface area (Å²) in [5.74, 6) is 0.667. The Balaban J connectivity index is 1.49. The first-order chi connectivity index (χ1) is 12.3. The Morgan fingerprint density at radius 3 is 2.92 bits per heavy atom. The molecule has 7 nitrogen and oxygen atoms in total. The van der Waals surface area contributed by atoms with E-state index < -0.39 is 9.84 Å². The van der Waals surface area contributed by atoms with E-state index in [1.165, 1.54) is 0 Å². The molecule has 3 rings (SSSR count). The van der Waals surface area contributed by atoms with Crippen LogP contribution in [-0.2, 0) is 21.1 Å². The average molecular weight is 416 g/mol. The SMILES string of the molecule is Cc1ccc(NC(=O)CSc2nnc(C[C@H]3CCS(=O)(=O)C3)o2)c(Cl)c1. The van der Waals surface area contributed by atoms with Gasteiger partial charge in [0.25, 0.3) is 5.22 Å². The third-order valence-corrected chi connectivity index (χ3v) is 6.93. The number of carbonyl (C=O) groups is 1. The summed E-state index contributed by atoms with van der Waals surface area (Å²) in [4.78, 5) is 12.0. The zero-order valence-corrected chi connectivity index (χ0v) is 16.5. The summed E-state index contributed by atoms with van der Waals surface area (Å²) in [6, 6.07) is 5.39. The van der Waals surface area contributed by atoms with E-state index in [9.17, 15) is 13.2 Å². The number of thioether (sulfide) groups is 1. The second-order valence-corrected chi connectivity index (χ2v) is 9.82. The molecule has 26 heavy (non-hydrogen) atoms. The highest BCUT2D eigenvalue weighted by molar-refractivity contribution is 7.99. The van der Waals surface area contributed by atoms with Crippen LogP contribution in [0.5, 0.6) is 0 Å². The van der Waals surface area contributed by atoms with E-state index in [4.69, 9.17) is 16.0 Å². The van der Waals surface area contributed by atoms with E-state index in [0.717, 1.165) is 17.3 Å². The normalized spacial score (nSPS) is 18.8. The molecule has 0 saturated carbocycles. The molecule has 1 fully saturated rings. The number of aromatic nitrogens is 2. The van der Waals surface area contributed by atoms with Crippen LogP contribution >= 0.6 is 23.4 Å². The molecule has 1 atom stereocenters. The van der Waals surface area contributed by atoms with Crippen LogP contribution in [-0.4, -0.2) is 41.8 Å². The summed E-state index contributed by atoms with van der Waals surface area (Å²) >= 11 is 7.21. The molecule has 1 amide bonds. The highest BCUT2D eigenvalue weighted by Crippen LogP contribution is 2.25. The molecule has 1 N–H and O–H groups in total. The molecule has 1 saturated heterocycles. The van der Waals surface area contributed by atoms with Crippen molar-refractivity contribution in [1.29, 1.82) is 0 Å². The fourth-order valence-electron chi connectivity index (χ4n) is 2.69. The highest BCUT2D eigenvalue weighted by Gasteiger charge is 2.29. The van der Waals surface area contributed by atoms with Crippen molar-refractivity contribution in [3.05, 3.63) is 34.7 Å². The molecule has 2 heterocycles. The number of aryl methyl sites for hydroxylation is 1. The van der Waals surface area contributed by atoms with Crippen LogP contribution in [0.1, 0.15) is 17.9 Å². The van der Waals surface area contributed by atoms with Crippen molar-refractivity contribution in [2.75, 3.05) is 22.6 Å². The number of hydrogen-bond acceptors (Lipinski definition) is 7. The smallest absolute Gasteiger partial charge is 0.277 e. The maximum Gasteiger partial charge on any atom is 0.277 e. The molecular weight excluding hydrogens is 398 g/mol. The minimum Gasteiger partial charge on any atom is -0.416 e. The fourth-order valence-corrected chi connectivity index (χ4v) is 5.42. The summed E-state index contributed by atoms with van der Waals surface area (Å²) in [5.41, 5.74) is 1.56. The first kappa shape index (κ1) is 19.2. The Hall–Kier alpha value is -1.58. The molecule has 0 spiro atoms. The Morgan fingerprint density at radius 2 is 2.23 bits per heavy atom. The molecule has 0 unspecified atom stereocenters. The van der Waals surface area contributed by atoms with Crippen LogP contribution in [0.25, 0.3) is 0 Å². The van der Waals surface area contributed by atoms with Crippen LogP contribution in [0.3, 0.4) is 0 Å². The van der Waals surface area contributed by atoms with E-state index in [-0.39, 0.29) is 34.3 Å². The average Bonchev–Trinajstić information content (AvgIpc) is 3.14. The van der Waals surface area contributed by atoms with Gasteiger partial charge in [0.05, 0.1) is 28.0 Å². The molecule has 10 heteroatoms. The molecule has 140 valence electrons. The van der Waals surface area contributed by atoms with E-state index in [1.807, 2.05) is 13.0 Å². The molecule has 1 aliphatic heterocycles. The van der Waals surface area contributed by atoms with Crippen molar-refractivity contribution in [2.24, 2.45) is 5.92 Å². The zero-order chi connectivity index (χ0) is 18.7. The van der Waals surface area contributed by atoms with E-state index in [1.54, 1.807) is 12.1 Å². The molecule has 1 aliphatic rings. The number of nitrogens with one attached hydrogen (secondary N) is 1. The van der Waals surface area contributed by atoms with Gasteiger partial charge in [0.1, 0.15) is 0 Å². The van der Waals surface area contributed by atoms with Gasteiger partial charge in [-0.1, -0.05) is 29.4 Å². The Bertz CT molecular complexity index is 914. The summed E-state index contributed by atoms with van der Waals surface area (Å²) in [6.45, 7) is 1.92. The van der Waals surface area contributed by atoms with Crippen LogP contribution in [0.15, 0.2) is 27.8 Å². The number of sulfone groups is 1. The van der Waals surface area contributed by atoms with Gasteiger partial charge >= 0.3 is 0 Å².